The SMILES string of the molecule is CCOC(=O)[C@H]1[C@H]2C(=O)N([C@@H](CO)CC(C)C)C(C(=O)NCc3ccccc3)C23CC[C@]1(C)S3. The van der Waals surface area contributed by atoms with Gasteiger partial charge in [0.15, 0.2) is 0 Å². The van der Waals surface area contributed by atoms with Crippen LogP contribution >= 0.6 is 11.8 Å². The van der Waals surface area contributed by atoms with Crippen LogP contribution < -0.4 is 5.32 Å². The van der Waals surface area contributed by atoms with E-state index in [1.807, 2.05) is 51.1 Å². The van der Waals surface area contributed by atoms with Gasteiger partial charge in [0.1, 0.15) is 6.04 Å². The number of thioether (sulfide) groups is 1. The maximum absolute atomic E-state index is 14.0. The van der Waals surface area contributed by atoms with Crippen molar-refractivity contribution in [3.8, 4) is 0 Å². The van der Waals surface area contributed by atoms with Gasteiger partial charge in [-0.3, -0.25) is 14.4 Å². The Hall–Kier alpha value is -2.06. The molecule has 2 unspecified atom stereocenters. The average Bonchev–Trinajstić information content (AvgIpc) is 3.37. The molecule has 2 N–H and O–H groups in total. The molecule has 34 heavy (non-hydrogen) atoms. The molecule has 0 aromatic heterocycles. The van der Waals surface area contributed by atoms with Gasteiger partial charge in [-0.2, -0.15) is 0 Å². The van der Waals surface area contributed by atoms with E-state index in [0.717, 1.165) is 12.0 Å². The van der Waals surface area contributed by atoms with Crippen molar-refractivity contribution >= 4 is 29.5 Å². The number of fused-ring (bicyclic) bond motifs is 1. The fourth-order valence-electron chi connectivity index (χ4n) is 6.35. The molecule has 8 heteroatoms. The van der Waals surface area contributed by atoms with Gasteiger partial charge in [-0.05, 0) is 44.6 Å². The van der Waals surface area contributed by atoms with Gasteiger partial charge in [0.2, 0.25) is 11.8 Å². The molecule has 1 spiro atoms. The van der Waals surface area contributed by atoms with E-state index in [4.69, 9.17) is 4.74 Å². The lowest BCUT2D eigenvalue weighted by atomic mass is 9.66. The highest BCUT2D eigenvalue weighted by Gasteiger charge is 2.77. The van der Waals surface area contributed by atoms with Crippen molar-refractivity contribution in [2.75, 3.05) is 13.2 Å². The Morgan fingerprint density at radius 3 is 2.59 bits per heavy atom. The summed E-state index contributed by atoms with van der Waals surface area (Å²) in [5.41, 5.74) is 0.974. The number of aliphatic hydroxyl groups excluding tert-OH is 1. The molecular formula is C26H36N2O5S. The predicted octanol–water partition coefficient (Wildman–Crippen LogP) is 2.75. The number of amides is 2. The number of carbonyl (C=O) groups excluding carboxylic acids is 3. The third-order valence-corrected chi connectivity index (χ3v) is 9.65. The van der Waals surface area contributed by atoms with Crippen molar-refractivity contribution < 1.29 is 24.2 Å². The van der Waals surface area contributed by atoms with Crippen molar-refractivity contribution in [3.05, 3.63) is 35.9 Å². The van der Waals surface area contributed by atoms with E-state index < -0.39 is 33.4 Å². The van der Waals surface area contributed by atoms with Crippen LogP contribution in [0.15, 0.2) is 30.3 Å². The van der Waals surface area contributed by atoms with E-state index in [2.05, 4.69) is 5.32 Å². The normalized spacial score (nSPS) is 32.7. The second-order valence-corrected chi connectivity index (χ2v) is 12.3. The van der Waals surface area contributed by atoms with Crippen LogP contribution in [0.4, 0.5) is 0 Å². The Balaban J connectivity index is 1.72. The summed E-state index contributed by atoms with van der Waals surface area (Å²) in [6, 6.07) is 8.44. The van der Waals surface area contributed by atoms with Gasteiger partial charge in [0, 0.05) is 11.3 Å². The zero-order valence-electron chi connectivity index (χ0n) is 20.5. The molecule has 4 rings (SSSR count). The fraction of sp³-hybridized carbons (Fsp3) is 0.654. The summed E-state index contributed by atoms with van der Waals surface area (Å²) in [6.45, 7) is 8.26. The van der Waals surface area contributed by atoms with E-state index in [1.54, 1.807) is 23.6 Å². The number of nitrogens with one attached hydrogen (secondary N) is 1. The highest BCUT2D eigenvalue weighted by Crippen LogP contribution is 2.71. The molecule has 3 saturated heterocycles. The van der Waals surface area contributed by atoms with Crippen LogP contribution in [0.5, 0.6) is 0 Å². The van der Waals surface area contributed by atoms with Gasteiger partial charge in [-0.1, -0.05) is 44.2 Å². The predicted molar refractivity (Wildman–Crippen MR) is 131 cm³/mol. The second kappa shape index (κ2) is 9.53. The zero-order chi connectivity index (χ0) is 24.7. The van der Waals surface area contributed by atoms with Crippen LogP contribution in [0, 0.1) is 17.8 Å². The number of hydrogen-bond acceptors (Lipinski definition) is 6. The van der Waals surface area contributed by atoms with Gasteiger partial charge in [0.25, 0.3) is 0 Å². The summed E-state index contributed by atoms with van der Waals surface area (Å²) in [5.74, 6) is -1.75. The summed E-state index contributed by atoms with van der Waals surface area (Å²) in [7, 11) is 0. The van der Waals surface area contributed by atoms with Crippen molar-refractivity contribution in [2.24, 2.45) is 17.8 Å². The number of benzene rings is 1. The molecule has 0 saturated carbocycles. The second-order valence-electron chi connectivity index (χ2n) is 10.4. The third kappa shape index (κ3) is 4.02. The molecule has 6 atom stereocenters. The Morgan fingerprint density at radius 1 is 1.26 bits per heavy atom. The van der Waals surface area contributed by atoms with Crippen LogP contribution in [0.1, 0.15) is 52.5 Å². The van der Waals surface area contributed by atoms with Crippen molar-refractivity contribution in [3.63, 3.8) is 0 Å². The highest BCUT2D eigenvalue weighted by atomic mass is 32.2. The maximum Gasteiger partial charge on any atom is 0.311 e. The molecule has 1 aromatic rings. The van der Waals surface area contributed by atoms with Crippen molar-refractivity contribution in [1.29, 1.82) is 0 Å². The Morgan fingerprint density at radius 2 is 1.97 bits per heavy atom. The summed E-state index contributed by atoms with van der Waals surface area (Å²) in [5, 5.41) is 13.3. The Labute approximate surface area is 206 Å². The van der Waals surface area contributed by atoms with Crippen LogP contribution in [0.25, 0.3) is 0 Å². The number of likely N-dealkylation sites (tertiary alicyclic amines) is 1. The first-order valence-electron chi connectivity index (χ1n) is 12.3. The Bertz CT molecular complexity index is 940. The van der Waals surface area contributed by atoms with E-state index in [0.29, 0.717) is 19.4 Å². The third-order valence-electron chi connectivity index (χ3n) is 7.66. The molecule has 7 nitrogen and oxygen atoms in total. The van der Waals surface area contributed by atoms with Gasteiger partial charge >= 0.3 is 5.97 Å². The van der Waals surface area contributed by atoms with Gasteiger partial charge in [0.05, 0.1) is 35.8 Å². The summed E-state index contributed by atoms with van der Waals surface area (Å²) >= 11 is 1.62. The van der Waals surface area contributed by atoms with Crippen LogP contribution in [-0.2, 0) is 25.7 Å². The molecule has 3 fully saturated rings. The van der Waals surface area contributed by atoms with Gasteiger partial charge in [-0.15, -0.1) is 11.8 Å². The minimum Gasteiger partial charge on any atom is -0.466 e. The van der Waals surface area contributed by atoms with E-state index in [1.165, 1.54) is 0 Å². The molecule has 1 aromatic carbocycles. The average molecular weight is 489 g/mol. The molecule has 0 radical (unpaired) electrons. The Kier molecular flexibility index (Phi) is 7.02. The lowest BCUT2D eigenvalue weighted by Gasteiger charge is -2.37. The van der Waals surface area contributed by atoms with E-state index in [-0.39, 0.29) is 36.9 Å². The maximum atomic E-state index is 14.0. The number of hydrogen-bond donors (Lipinski definition) is 2. The monoisotopic (exact) mass is 488 g/mol. The standard InChI is InChI=1S/C26H36N2O5S/c1-5-33-24(32)20-19-23(31)28(18(15-29)13-16(2)3)21(26(19)12-11-25(20,4)34-26)22(30)27-14-17-9-7-6-8-10-17/h6-10,16,18-21,29H,5,11-15H2,1-4H3,(H,27,30)/t18-,19+,20-,21?,25+,26?/m1/s1. The zero-order valence-corrected chi connectivity index (χ0v) is 21.3. The summed E-state index contributed by atoms with van der Waals surface area (Å²) in [4.78, 5) is 42.5. The minimum atomic E-state index is -0.740. The number of carbonyl (C=O) groups is 3. The molecule has 0 aliphatic carbocycles. The molecular weight excluding hydrogens is 452 g/mol. The van der Waals surface area contributed by atoms with Gasteiger partial charge in [-0.25, -0.2) is 0 Å². The molecule has 2 amide bonds. The van der Waals surface area contributed by atoms with Crippen molar-refractivity contribution in [1.82, 2.24) is 10.2 Å². The topological polar surface area (TPSA) is 95.9 Å². The smallest absolute Gasteiger partial charge is 0.311 e. The molecule has 3 heterocycles. The highest BCUT2D eigenvalue weighted by molar-refractivity contribution is 8.02. The van der Waals surface area contributed by atoms with Crippen LogP contribution in [0.3, 0.4) is 0 Å². The first kappa shape index (κ1) is 25.0. The van der Waals surface area contributed by atoms with E-state index >= 15 is 0 Å². The lowest BCUT2D eigenvalue weighted by molar-refractivity contribution is -0.155. The van der Waals surface area contributed by atoms with Crippen LogP contribution in [0.2, 0.25) is 0 Å². The molecule has 186 valence electrons. The number of aliphatic hydroxyl groups is 1. The fourth-order valence-corrected chi connectivity index (χ4v) is 8.68. The van der Waals surface area contributed by atoms with Crippen molar-refractivity contribution in [2.45, 2.75) is 75.1 Å². The number of ether oxygens (including phenoxy) is 1. The quantitative estimate of drug-likeness (QED) is 0.519. The first-order valence-corrected chi connectivity index (χ1v) is 13.1. The van der Waals surface area contributed by atoms with Crippen LogP contribution in [-0.4, -0.2) is 62.6 Å². The first-order chi connectivity index (χ1) is 16.2. The number of rotatable bonds is 9. The van der Waals surface area contributed by atoms with Gasteiger partial charge < -0.3 is 20.1 Å². The number of nitrogens with zero attached hydrogens (tertiary/aromatic N) is 1. The molecule has 3 aliphatic heterocycles. The number of esters is 1. The molecule has 2 bridgehead atoms. The van der Waals surface area contributed by atoms with E-state index in [9.17, 15) is 19.5 Å². The summed E-state index contributed by atoms with van der Waals surface area (Å²) < 4.78 is 4.27. The minimum absolute atomic E-state index is 0.200. The molecule has 3 aliphatic rings. The largest absolute Gasteiger partial charge is 0.466 e. The summed E-state index contributed by atoms with van der Waals surface area (Å²) in [6.07, 6.45) is 2.01. The lowest BCUT2D eigenvalue weighted by Crippen LogP contribution is -2.56.